The Morgan fingerprint density at radius 2 is 1.00 bits per heavy atom. The molecule has 104 valence electrons. The van der Waals surface area contributed by atoms with E-state index < -0.39 is 10.1 Å². The fourth-order valence-electron chi connectivity index (χ4n) is 1.37. The lowest BCUT2D eigenvalue weighted by Crippen LogP contribution is -2.03. The van der Waals surface area contributed by atoms with Crippen LogP contribution in [-0.2, 0) is 19.6 Å². The van der Waals surface area contributed by atoms with Crippen LogP contribution in [-0.4, -0.2) is 45.7 Å². The summed E-state index contributed by atoms with van der Waals surface area (Å²) in [4.78, 5) is 0. The van der Waals surface area contributed by atoms with Gasteiger partial charge in [-0.15, -0.1) is 0 Å². The minimum Gasteiger partial charge on any atom is -0.381 e. The Morgan fingerprint density at radius 3 is 1.06 bits per heavy atom. The van der Waals surface area contributed by atoms with Crippen molar-refractivity contribution in [3.8, 4) is 0 Å². The molecule has 0 atom stereocenters. The van der Waals surface area contributed by atoms with Gasteiger partial charge in [-0.2, -0.15) is 8.42 Å². The van der Waals surface area contributed by atoms with Gasteiger partial charge in [0.15, 0.2) is 0 Å². The van der Waals surface area contributed by atoms with Crippen molar-refractivity contribution < 1.29 is 22.4 Å². The van der Waals surface area contributed by atoms with Crippen LogP contribution < -0.4 is 0 Å². The molecule has 0 saturated carbocycles. The highest BCUT2D eigenvalue weighted by atomic mass is 32.2. The summed E-state index contributed by atoms with van der Waals surface area (Å²) in [6.07, 6.45) is 8.58. The fraction of sp³-hybridized carbons (Fsp3) is 1.00. The smallest absolute Gasteiger partial charge is 0.261 e. The van der Waals surface area contributed by atoms with Gasteiger partial charge in [0, 0.05) is 26.4 Å². The first-order valence-corrected chi connectivity index (χ1v) is 7.93. The zero-order valence-corrected chi connectivity index (χ0v) is 11.4. The largest absolute Gasteiger partial charge is 0.381 e. The Morgan fingerprint density at radius 1 is 0.765 bits per heavy atom. The van der Waals surface area contributed by atoms with Crippen molar-refractivity contribution in [1.29, 1.82) is 0 Å². The summed E-state index contributed by atoms with van der Waals surface area (Å²) in [6, 6.07) is 0. The first-order chi connectivity index (χ1) is 8.00. The summed E-state index contributed by atoms with van der Waals surface area (Å²) in [5.41, 5.74) is 0. The van der Waals surface area contributed by atoms with E-state index in [2.05, 4.69) is 0 Å². The molecule has 0 bridgehead atoms. The molecular weight excluding hydrogens is 244 g/mol. The lowest BCUT2D eigenvalue weighted by Gasteiger charge is -2.08. The van der Waals surface area contributed by atoms with E-state index in [0.717, 1.165) is 26.4 Å². The monoisotopic (exact) mass is 268 g/mol. The zero-order chi connectivity index (χ0) is 13.0. The van der Waals surface area contributed by atoms with Gasteiger partial charge in [-0.1, -0.05) is 0 Å². The second kappa shape index (κ2) is 11.0. The predicted molar refractivity (Wildman–Crippen MR) is 66.8 cm³/mol. The average molecular weight is 268 g/mol. The number of hydrogen-bond acceptors (Lipinski definition) is 4. The predicted octanol–water partition coefficient (Wildman–Crippen LogP) is 1.88. The molecule has 17 heavy (non-hydrogen) atoms. The van der Waals surface area contributed by atoms with Crippen LogP contribution in [0.25, 0.3) is 0 Å². The van der Waals surface area contributed by atoms with Crippen LogP contribution in [0.4, 0.5) is 0 Å². The van der Waals surface area contributed by atoms with Crippen molar-refractivity contribution in [2.24, 2.45) is 0 Å². The minimum absolute atomic E-state index is 0.715. The summed E-state index contributed by atoms with van der Waals surface area (Å²) < 4.78 is 36.0. The molecular formula is C11H24O5S. The lowest BCUT2D eigenvalue weighted by molar-refractivity contribution is 0.0967. The Kier molecular flexibility index (Phi) is 10.8. The number of hydrogen-bond donors (Lipinski definition) is 1. The summed E-state index contributed by atoms with van der Waals surface area (Å²) in [5, 5.41) is 0. The average Bonchev–Trinajstić information content (AvgIpc) is 2.32. The van der Waals surface area contributed by atoms with E-state index in [1.165, 1.54) is 38.5 Å². The van der Waals surface area contributed by atoms with E-state index in [-0.39, 0.29) is 0 Å². The molecule has 0 radical (unpaired) electrons. The Balaban J connectivity index is 0.000000228. The van der Waals surface area contributed by atoms with Crippen LogP contribution in [0.3, 0.4) is 0 Å². The third kappa shape index (κ3) is 21.6. The molecule has 1 N–H and O–H groups in total. The normalized spacial score (nSPS) is 20.4. The van der Waals surface area contributed by atoms with Crippen molar-refractivity contribution in [2.75, 3.05) is 32.7 Å². The van der Waals surface area contributed by atoms with Crippen LogP contribution in [0.15, 0.2) is 0 Å². The molecule has 0 aliphatic carbocycles. The maximum atomic E-state index is 9.19. The Hall–Kier alpha value is -0.170. The molecule has 2 aliphatic heterocycles. The van der Waals surface area contributed by atoms with Crippen LogP contribution in [0, 0.1) is 0 Å². The fourth-order valence-corrected chi connectivity index (χ4v) is 1.37. The van der Waals surface area contributed by atoms with Crippen LogP contribution in [0.5, 0.6) is 0 Å². The molecule has 2 saturated heterocycles. The quantitative estimate of drug-likeness (QED) is 0.679. The van der Waals surface area contributed by atoms with E-state index in [0.29, 0.717) is 6.26 Å². The highest BCUT2D eigenvalue weighted by Crippen LogP contribution is 2.02. The van der Waals surface area contributed by atoms with Crippen molar-refractivity contribution in [2.45, 2.75) is 38.5 Å². The third-order valence-corrected chi connectivity index (χ3v) is 2.15. The topological polar surface area (TPSA) is 72.8 Å². The van der Waals surface area contributed by atoms with Crippen molar-refractivity contribution >= 4 is 10.1 Å². The molecule has 0 aromatic heterocycles. The van der Waals surface area contributed by atoms with E-state index in [1.807, 2.05) is 0 Å². The first kappa shape index (κ1) is 16.8. The van der Waals surface area contributed by atoms with Gasteiger partial charge in [-0.05, 0) is 38.5 Å². The van der Waals surface area contributed by atoms with Crippen molar-refractivity contribution in [3.63, 3.8) is 0 Å². The van der Waals surface area contributed by atoms with Gasteiger partial charge < -0.3 is 9.47 Å². The van der Waals surface area contributed by atoms with Crippen molar-refractivity contribution in [1.82, 2.24) is 0 Å². The van der Waals surface area contributed by atoms with Gasteiger partial charge in [-0.25, -0.2) is 0 Å². The molecule has 2 heterocycles. The molecule has 0 amide bonds. The first-order valence-electron chi connectivity index (χ1n) is 6.08. The third-order valence-electron chi connectivity index (χ3n) is 2.15. The van der Waals surface area contributed by atoms with Gasteiger partial charge in [0.05, 0.1) is 6.26 Å². The summed E-state index contributed by atoms with van der Waals surface area (Å²) in [7, 11) is -3.67. The van der Waals surface area contributed by atoms with Gasteiger partial charge >= 0.3 is 0 Å². The standard InChI is InChI=1S/2C5H10O.CH4O3S/c2*1-2-4-6-5-3-1;1-5(2,3)4/h2*1-5H2;1H3,(H,2,3,4). The molecule has 2 rings (SSSR count). The summed E-state index contributed by atoms with van der Waals surface area (Å²) >= 11 is 0. The summed E-state index contributed by atoms with van der Waals surface area (Å²) in [6.45, 7) is 4.00. The SMILES string of the molecule is C1CCOCC1.C1CCOCC1.CS(=O)(=O)O. The zero-order valence-electron chi connectivity index (χ0n) is 10.6. The molecule has 6 heteroatoms. The molecule has 0 aromatic carbocycles. The highest BCUT2D eigenvalue weighted by Gasteiger charge is 1.95. The van der Waals surface area contributed by atoms with Gasteiger partial charge in [0.2, 0.25) is 0 Å². The molecule has 0 aromatic rings. The maximum Gasteiger partial charge on any atom is 0.261 e. The van der Waals surface area contributed by atoms with Crippen LogP contribution in [0.1, 0.15) is 38.5 Å². The Labute approximate surface area is 104 Å². The maximum absolute atomic E-state index is 9.19. The molecule has 2 aliphatic rings. The minimum atomic E-state index is -3.67. The van der Waals surface area contributed by atoms with Gasteiger partial charge in [-0.3, -0.25) is 4.55 Å². The number of ether oxygens (including phenoxy) is 2. The van der Waals surface area contributed by atoms with Gasteiger partial charge in [0.25, 0.3) is 10.1 Å². The molecule has 0 spiro atoms. The lowest BCUT2D eigenvalue weighted by atomic mass is 10.2. The second-order valence-corrected chi connectivity index (χ2v) is 5.55. The molecule has 0 unspecified atom stereocenters. The molecule has 5 nitrogen and oxygen atoms in total. The number of rotatable bonds is 0. The van der Waals surface area contributed by atoms with Crippen LogP contribution in [0.2, 0.25) is 0 Å². The van der Waals surface area contributed by atoms with Gasteiger partial charge in [0.1, 0.15) is 0 Å². The Bertz CT molecular complexity index is 200. The molecule has 2 fully saturated rings. The highest BCUT2D eigenvalue weighted by molar-refractivity contribution is 7.85. The van der Waals surface area contributed by atoms with E-state index in [4.69, 9.17) is 14.0 Å². The van der Waals surface area contributed by atoms with E-state index in [1.54, 1.807) is 0 Å². The summed E-state index contributed by atoms with van der Waals surface area (Å²) in [5.74, 6) is 0. The van der Waals surface area contributed by atoms with E-state index >= 15 is 0 Å². The second-order valence-electron chi connectivity index (χ2n) is 4.08. The van der Waals surface area contributed by atoms with Crippen LogP contribution >= 0.6 is 0 Å². The van der Waals surface area contributed by atoms with Crippen molar-refractivity contribution in [3.05, 3.63) is 0 Å². The van der Waals surface area contributed by atoms with E-state index in [9.17, 15) is 8.42 Å².